The van der Waals surface area contributed by atoms with Gasteiger partial charge in [0.25, 0.3) is 0 Å². The highest BCUT2D eigenvalue weighted by Crippen LogP contribution is 2.57. The number of amidine groups is 3. The minimum atomic E-state index is -0.563. The van der Waals surface area contributed by atoms with Crippen molar-refractivity contribution in [1.82, 2.24) is 0 Å². The largest absolute Gasteiger partial charge is 0.294 e. The number of rotatable bonds is 6. The number of nitrogens with zero attached hydrogens (tertiary/aromatic N) is 3. The lowest BCUT2D eigenvalue weighted by atomic mass is 9.67. The molecule has 7 aromatic rings. The number of anilines is 2. The number of aliphatic imine (C=N–C) groups is 2. The monoisotopic (exact) mass is 735 g/mol. The van der Waals surface area contributed by atoms with Crippen molar-refractivity contribution >= 4 is 41.2 Å². The van der Waals surface area contributed by atoms with Crippen LogP contribution in [0.25, 0.3) is 16.7 Å². The first-order chi connectivity index (χ1) is 28.0. The second-order valence-electron chi connectivity index (χ2n) is 13.9. The molecule has 2 N–H and O–H groups in total. The van der Waals surface area contributed by atoms with E-state index < -0.39 is 5.41 Å². The van der Waals surface area contributed by atoms with E-state index in [1.165, 1.54) is 22.3 Å². The van der Waals surface area contributed by atoms with Gasteiger partial charge in [0.1, 0.15) is 5.84 Å². The molecule has 0 spiro atoms. The van der Waals surface area contributed by atoms with Crippen molar-refractivity contribution in [3.8, 4) is 11.1 Å². The van der Waals surface area contributed by atoms with Crippen LogP contribution in [0.1, 0.15) is 44.5 Å². The first-order valence-corrected chi connectivity index (χ1v) is 18.9. The van der Waals surface area contributed by atoms with Gasteiger partial charge in [-0.15, -0.1) is 0 Å². The van der Waals surface area contributed by atoms with Crippen LogP contribution in [0, 0.1) is 17.7 Å². The lowest BCUT2D eigenvalue weighted by Crippen LogP contribution is -2.28. The molecule has 5 nitrogen and oxygen atoms in total. The highest BCUT2D eigenvalue weighted by atomic mass is 15.2. The summed E-state index contributed by atoms with van der Waals surface area (Å²) in [5.41, 5.74) is 12.5. The van der Waals surface area contributed by atoms with Crippen molar-refractivity contribution in [2.24, 2.45) is 9.98 Å². The van der Waals surface area contributed by atoms with Crippen LogP contribution < -0.4 is 4.90 Å². The minimum absolute atomic E-state index is 0.106. The van der Waals surface area contributed by atoms with E-state index in [1.807, 2.05) is 102 Å². The van der Waals surface area contributed by atoms with E-state index in [9.17, 15) is 5.41 Å². The number of aryl methyl sites for hydroxylation is 1. The van der Waals surface area contributed by atoms with Gasteiger partial charge in [0.05, 0.1) is 11.1 Å². The minimum Gasteiger partial charge on any atom is -0.294 e. The zero-order valence-corrected chi connectivity index (χ0v) is 31.7. The molecular weight excluding hydrogens is 695 g/mol. The number of hydrogen-bond acceptors (Lipinski definition) is 2. The van der Waals surface area contributed by atoms with E-state index in [2.05, 4.69) is 116 Å². The average Bonchev–Trinajstić information content (AvgIpc) is 3.73. The third-order valence-corrected chi connectivity index (χ3v) is 10.6. The topological polar surface area (TPSA) is 75.7 Å². The highest BCUT2D eigenvalue weighted by molar-refractivity contribution is 6.36. The Morgan fingerprint density at radius 1 is 0.632 bits per heavy atom. The molecule has 0 unspecified atom stereocenters. The summed E-state index contributed by atoms with van der Waals surface area (Å²) in [6, 6.07) is 61.9. The van der Waals surface area contributed by atoms with E-state index in [0.717, 1.165) is 50.3 Å². The Kier molecular flexibility index (Phi) is 10.0. The SMILES string of the molecule is C=C/C=C1\C(=N)N(c2ccc(C(N=C)=NC(=N)c3cccc4c3-c3ccccc3C4(c3ccccc3)c3ccccc3)cc2)c2ccccc21.Cc1ccccc1. The standard InChI is InChI=1S/C45H33N5.C7H8/c1-3-15-35-34-20-11-13-25-40(34)50(43(35)47)33-28-26-30(27-29-33)44(48-2)49-42(46)37-22-14-24-39-41(37)36-21-10-12-23-38(36)45(39,31-16-6-4-7-17-31)32-18-8-5-9-19-32;1-7-5-3-2-4-6-7/h3-29,46-47H,1-2H2;2-6H,1H3/b35-15-,46-42?,47-43?,49-44?;. The number of para-hydroxylation sites is 1. The molecule has 0 aromatic heterocycles. The predicted octanol–water partition coefficient (Wildman–Crippen LogP) is 12.2. The van der Waals surface area contributed by atoms with Crippen LogP contribution in [0.2, 0.25) is 0 Å². The third kappa shape index (κ3) is 6.45. The van der Waals surface area contributed by atoms with Gasteiger partial charge >= 0.3 is 0 Å². The fourth-order valence-corrected chi connectivity index (χ4v) is 8.16. The molecule has 57 heavy (non-hydrogen) atoms. The lowest BCUT2D eigenvalue weighted by molar-refractivity contribution is 0.768. The fourth-order valence-electron chi connectivity index (χ4n) is 8.16. The van der Waals surface area contributed by atoms with Gasteiger partial charge in [0.15, 0.2) is 11.7 Å². The molecule has 1 aliphatic carbocycles. The Bertz CT molecular complexity index is 2650. The van der Waals surface area contributed by atoms with Crippen molar-refractivity contribution in [2.45, 2.75) is 12.3 Å². The maximum absolute atomic E-state index is 9.38. The molecule has 2 aliphatic rings. The summed E-state index contributed by atoms with van der Waals surface area (Å²) < 4.78 is 0. The maximum Gasteiger partial charge on any atom is 0.161 e. The number of allylic oxidation sites excluding steroid dienone is 2. The Hall–Kier alpha value is -7.50. The Morgan fingerprint density at radius 2 is 1.19 bits per heavy atom. The molecule has 0 saturated heterocycles. The summed E-state index contributed by atoms with van der Waals surface area (Å²) in [7, 11) is 0. The molecule has 1 heterocycles. The van der Waals surface area contributed by atoms with Gasteiger partial charge < -0.3 is 0 Å². The molecule has 0 bridgehead atoms. The van der Waals surface area contributed by atoms with Gasteiger partial charge in [0, 0.05) is 28.0 Å². The fraction of sp³-hybridized carbons (Fsp3) is 0.0385. The molecule has 0 amide bonds. The van der Waals surface area contributed by atoms with Crippen molar-refractivity contribution in [2.75, 3.05) is 4.90 Å². The number of hydrogen-bond donors (Lipinski definition) is 2. The summed E-state index contributed by atoms with van der Waals surface area (Å²) in [4.78, 5) is 11.0. The van der Waals surface area contributed by atoms with Gasteiger partial charge in [-0.3, -0.25) is 15.7 Å². The van der Waals surface area contributed by atoms with Crippen molar-refractivity contribution < 1.29 is 0 Å². The van der Waals surface area contributed by atoms with Crippen LogP contribution >= 0.6 is 0 Å². The molecule has 0 saturated carbocycles. The van der Waals surface area contributed by atoms with Gasteiger partial charge in [-0.25, -0.2) is 9.98 Å². The molecular formula is C52H41N5. The van der Waals surface area contributed by atoms with E-state index in [-0.39, 0.29) is 5.84 Å². The first-order valence-electron chi connectivity index (χ1n) is 18.9. The summed E-state index contributed by atoms with van der Waals surface area (Å²) >= 11 is 0. The first kappa shape index (κ1) is 36.5. The molecule has 274 valence electrons. The molecule has 0 radical (unpaired) electrons. The molecule has 1 aliphatic heterocycles. The molecule has 9 rings (SSSR count). The summed E-state index contributed by atoms with van der Waals surface area (Å²) in [5.74, 6) is 0.845. The van der Waals surface area contributed by atoms with Crippen molar-refractivity contribution in [1.29, 1.82) is 10.8 Å². The quantitative estimate of drug-likeness (QED) is 0.129. The number of nitrogens with one attached hydrogen (secondary N) is 2. The third-order valence-electron chi connectivity index (χ3n) is 10.6. The Balaban J connectivity index is 0.000000589. The average molecular weight is 736 g/mol. The van der Waals surface area contributed by atoms with Gasteiger partial charge in [-0.1, -0.05) is 176 Å². The van der Waals surface area contributed by atoms with Crippen LogP contribution in [0.4, 0.5) is 11.4 Å². The lowest BCUT2D eigenvalue weighted by Gasteiger charge is -2.33. The van der Waals surface area contributed by atoms with Crippen LogP contribution in [0.3, 0.4) is 0 Å². The Labute approximate surface area is 334 Å². The van der Waals surface area contributed by atoms with Gasteiger partial charge in [-0.2, -0.15) is 0 Å². The zero-order valence-electron chi connectivity index (χ0n) is 31.7. The Morgan fingerprint density at radius 3 is 1.79 bits per heavy atom. The molecule has 0 atom stereocenters. The van der Waals surface area contributed by atoms with Crippen LogP contribution in [0.5, 0.6) is 0 Å². The number of benzene rings is 7. The van der Waals surface area contributed by atoms with Gasteiger partial charge in [0.2, 0.25) is 0 Å². The van der Waals surface area contributed by atoms with Gasteiger partial charge in [-0.05, 0) is 77.4 Å². The van der Waals surface area contributed by atoms with Crippen molar-refractivity contribution in [3.05, 3.63) is 245 Å². The molecule has 5 heteroatoms. The molecule has 7 aromatic carbocycles. The van der Waals surface area contributed by atoms with Crippen LogP contribution in [-0.4, -0.2) is 24.2 Å². The van der Waals surface area contributed by atoms with E-state index in [1.54, 1.807) is 6.08 Å². The number of fused-ring (bicyclic) bond motifs is 4. The maximum atomic E-state index is 9.38. The highest BCUT2D eigenvalue weighted by Gasteiger charge is 2.47. The summed E-state index contributed by atoms with van der Waals surface area (Å²) in [6.45, 7) is 9.75. The second-order valence-corrected chi connectivity index (χ2v) is 13.9. The van der Waals surface area contributed by atoms with E-state index in [0.29, 0.717) is 11.7 Å². The van der Waals surface area contributed by atoms with E-state index in [4.69, 9.17) is 10.4 Å². The van der Waals surface area contributed by atoms with Crippen LogP contribution in [-0.2, 0) is 5.41 Å². The van der Waals surface area contributed by atoms with Crippen molar-refractivity contribution in [3.63, 3.8) is 0 Å². The second kappa shape index (κ2) is 15.7. The predicted molar refractivity (Wildman–Crippen MR) is 239 cm³/mol. The summed E-state index contributed by atoms with van der Waals surface area (Å²) in [6.07, 6.45) is 3.58. The zero-order chi connectivity index (χ0) is 39.4. The van der Waals surface area contributed by atoms with E-state index >= 15 is 0 Å². The summed E-state index contributed by atoms with van der Waals surface area (Å²) in [5, 5.41) is 18.3. The normalized spacial score (nSPS) is 14.2. The van der Waals surface area contributed by atoms with Crippen LogP contribution in [0.15, 0.2) is 211 Å². The smallest absolute Gasteiger partial charge is 0.161 e. The molecule has 0 fully saturated rings.